The second-order valence-corrected chi connectivity index (χ2v) is 6.17. The van der Waals surface area contributed by atoms with Crippen LogP contribution in [0.3, 0.4) is 0 Å². The number of nitrogens with two attached hydrogens (primary N) is 1. The van der Waals surface area contributed by atoms with Gasteiger partial charge >= 0.3 is 0 Å². The molecule has 106 valence electrons. The van der Waals surface area contributed by atoms with Crippen molar-refractivity contribution in [3.05, 3.63) is 18.0 Å². The van der Waals surface area contributed by atoms with Gasteiger partial charge in [0.25, 0.3) is 5.91 Å². The summed E-state index contributed by atoms with van der Waals surface area (Å²) < 4.78 is 29.2. The maximum absolute atomic E-state index is 12.1. The van der Waals surface area contributed by atoms with Gasteiger partial charge in [-0.1, -0.05) is 0 Å². The molecule has 1 unspecified atom stereocenters. The molecule has 0 aliphatic carbocycles. The van der Waals surface area contributed by atoms with Gasteiger partial charge in [0, 0.05) is 19.9 Å². The highest BCUT2D eigenvalue weighted by Crippen LogP contribution is 2.13. The van der Waals surface area contributed by atoms with E-state index < -0.39 is 10.0 Å². The number of hydrogen-bond acceptors (Lipinski definition) is 4. The standard InChI is InChI=1S/C11H17N3O4S/c1-14-6-9(19(12,16)17)5-10(14)11(15)13-8-3-2-4-18-7-8/h5-6,8H,2-4,7H2,1H3,(H,13,15)(H2,12,16,17). The summed E-state index contributed by atoms with van der Waals surface area (Å²) in [5.74, 6) is -0.326. The molecule has 2 heterocycles. The highest BCUT2D eigenvalue weighted by molar-refractivity contribution is 7.89. The maximum Gasteiger partial charge on any atom is 0.268 e. The number of nitrogens with zero attached hydrogens (tertiary/aromatic N) is 1. The molecule has 1 atom stereocenters. The Morgan fingerprint density at radius 1 is 1.58 bits per heavy atom. The number of carbonyl (C=O) groups is 1. The summed E-state index contributed by atoms with van der Waals surface area (Å²) in [5.41, 5.74) is 0.259. The molecule has 1 aromatic heterocycles. The molecule has 7 nitrogen and oxygen atoms in total. The number of nitrogens with one attached hydrogen (secondary N) is 1. The quantitative estimate of drug-likeness (QED) is 0.788. The van der Waals surface area contributed by atoms with Crippen molar-refractivity contribution >= 4 is 15.9 Å². The van der Waals surface area contributed by atoms with Crippen molar-refractivity contribution < 1.29 is 17.9 Å². The largest absolute Gasteiger partial charge is 0.379 e. The van der Waals surface area contributed by atoms with Crippen LogP contribution in [0.4, 0.5) is 0 Å². The maximum atomic E-state index is 12.1. The highest BCUT2D eigenvalue weighted by Gasteiger charge is 2.21. The average Bonchev–Trinajstić information content (AvgIpc) is 2.72. The van der Waals surface area contributed by atoms with Crippen LogP contribution < -0.4 is 10.5 Å². The van der Waals surface area contributed by atoms with E-state index in [-0.39, 0.29) is 22.5 Å². The molecule has 0 radical (unpaired) electrons. The van der Waals surface area contributed by atoms with Gasteiger partial charge in [0.2, 0.25) is 10.0 Å². The van der Waals surface area contributed by atoms with E-state index in [1.165, 1.54) is 16.8 Å². The third-order valence-electron chi connectivity index (χ3n) is 3.04. The van der Waals surface area contributed by atoms with Crippen molar-refractivity contribution in [2.75, 3.05) is 13.2 Å². The van der Waals surface area contributed by atoms with Crippen LogP contribution in [0.15, 0.2) is 17.2 Å². The van der Waals surface area contributed by atoms with Crippen molar-refractivity contribution in [1.29, 1.82) is 0 Å². The van der Waals surface area contributed by atoms with E-state index >= 15 is 0 Å². The molecule has 19 heavy (non-hydrogen) atoms. The number of aryl methyl sites for hydroxylation is 1. The number of aromatic nitrogens is 1. The van der Waals surface area contributed by atoms with Crippen LogP contribution in [0.5, 0.6) is 0 Å². The van der Waals surface area contributed by atoms with Gasteiger partial charge in [-0.25, -0.2) is 13.6 Å². The van der Waals surface area contributed by atoms with E-state index in [2.05, 4.69) is 5.32 Å². The summed E-state index contributed by atoms with van der Waals surface area (Å²) in [6.07, 6.45) is 3.08. The van der Waals surface area contributed by atoms with Crippen LogP contribution in [0.1, 0.15) is 23.3 Å². The molecule has 0 aromatic carbocycles. The highest BCUT2D eigenvalue weighted by atomic mass is 32.2. The fourth-order valence-corrected chi connectivity index (χ4v) is 2.61. The van der Waals surface area contributed by atoms with E-state index in [0.29, 0.717) is 13.2 Å². The SMILES string of the molecule is Cn1cc(S(N)(=O)=O)cc1C(=O)NC1CCCOC1. The summed E-state index contributed by atoms with van der Waals surface area (Å²) in [6, 6.07) is 1.24. The fourth-order valence-electron chi connectivity index (χ4n) is 2.03. The zero-order valence-electron chi connectivity index (χ0n) is 10.6. The lowest BCUT2D eigenvalue weighted by Gasteiger charge is -2.23. The number of rotatable bonds is 3. The number of primary sulfonamides is 1. The lowest BCUT2D eigenvalue weighted by molar-refractivity contribution is 0.0620. The van der Waals surface area contributed by atoms with Crippen molar-refractivity contribution in [3.8, 4) is 0 Å². The first kappa shape index (κ1) is 14.0. The van der Waals surface area contributed by atoms with E-state index in [4.69, 9.17) is 9.88 Å². The minimum Gasteiger partial charge on any atom is -0.379 e. The molecule has 0 saturated carbocycles. The molecule has 2 rings (SSSR count). The lowest BCUT2D eigenvalue weighted by atomic mass is 10.1. The molecule has 1 fully saturated rings. The molecule has 0 bridgehead atoms. The fraction of sp³-hybridized carbons (Fsp3) is 0.545. The molecule has 0 spiro atoms. The van der Waals surface area contributed by atoms with E-state index in [1.807, 2.05) is 0 Å². The summed E-state index contributed by atoms with van der Waals surface area (Å²) in [5, 5.41) is 7.85. The summed E-state index contributed by atoms with van der Waals surface area (Å²) in [7, 11) is -2.20. The molecule has 1 amide bonds. The second-order valence-electron chi connectivity index (χ2n) is 4.60. The van der Waals surface area contributed by atoms with Crippen LogP contribution in [0.25, 0.3) is 0 Å². The smallest absolute Gasteiger partial charge is 0.268 e. The Morgan fingerprint density at radius 3 is 2.84 bits per heavy atom. The Kier molecular flexibility index (Phi) is 3.93. The molecule has 1 aromatic rings. The average molecular weight is 287 g/mol. The zero-order valence-corrected chi connectivity index (χ0v) is 11.4. The molecule has 1 saturated heterocycles. The first-order valence-electron chi connectivity index (χ1n) is 5.95. The third kappa shape index (κ3) is 3.34. The summed E-state index contributed by atoms with van der Waals surface area (Å²) in [4.78, 5) is 12.0. The van der Waals surface area contributed by atoms with Crippen LogP contribution in [-0.2, 0) is 21.8 Å². The third-order valence-corrected chi connectivity index (χ3v) is 3.92. The number of hydrogen-bond donors (Lipinski definition) is 2. The van der Waals surface area contributed by atoms with E-state index in [9.17, 15) is 13.2 Å². The van der Waals surface area contributed by atoms with E-state index in [0.717, 1.165) is 12.8 Å². The predicted octanol–water partition coefficient (Wildman–Crippen LogP) is -0.419. The summed E-state index contributed by atoms with van der Waals surface area (Å²) in [6.45, 7) is 1.20. The van der Waals surface area contributed by atoms with Crippen LogP contribution >= 0.6 is 0 Å². The Morgan fingerprint density at radius 2 is 2.32 bits per heavy atom. The van der Waals surface area contributed by atoms with Crippen molar-refractivity contribution in [2.24, 2.45) is 12.2 Å². The first-order valence-corrected chi connectivity index (χ1v) is 7.50. The molecular formula is C11H17N3O4S. The molecule has 8 heteroatoms. The van der Waals surface area contributed by atoms with Gasteiger partial charge in [-0.05, 0) is 18.9 Å². The van der Waals surface area contributed by atoms with Gasteiger partial charge in [0.1, 0.15) is 10.6 Å². The van der Waals surface area contributed by atoms with Crippen molar-refractivity contribution in [3.63, 3.8) is 0 Å². The number of sulfonamides is 1. The lowest BCUT2D eigenvalue weighted by Crippen LogP contribution is -2.41. The molecule has 3 N–H and O–H groups in total. The topological polar surface area (TPSA) is 103 Å². The number of carbonyl (C=O) groups excluding carboxylic acids is 1. The van der Waals surface area contributed by atoms with Gasteiger partial charge in [-0.15, -0.1) is 0 Å². The predicted molar refractivity (Wildman–Crippen MR) is 68.1 cm³/mol. The van der Waals surface area contributed by atoms with Gasteiger partial charge in [0.05, 0.1) is 12.6 Å². The Hall–Kier alpha value is -1.38. The molecular weight excluding hydrogens is 270 g/mol. The van der Waals surface area contributed by atoms with Crippen molar-refractivity contribution in [2.45, 2.75) is 23.8 Å². The van der Waals surface area contributed by atoms with E-state index in [1.54, 1.807) is 7.05 Å². The minimum absolute atomic E-state index is 0.0333. The molecule has 1 aliphatic heterocycles. The Bertz CT molecular complexity index is 573. The summed E-state index contributed by atoms with van der Waals surface area (Å²) >= 11 is 0. The van der Waals surface area contributed by atoms with Gasteiger partial charge in [-0.2, -0.15) is 0 Å². The molecule has 1 aliphatic rings. The minimum atomic E-state index is -3.80. The normalized spacial score (nSPS) is 20.2. The van der Waals surface area contributed by atoms with Crippen LogP contribution in [0.2, 0.25) is 0 Å². The second kappa shape index (κ2) is 5.32. The van der Waals surface area contributed by atoms with Gasteiger partial charge < -0.3 is 14.6 Å². The van der Waals surface area contributed by atoms with Crippen LogP contribution in [0, 0.1) is 0 Å². The Balaban J connectivity index is 2.12. The van der Waals surface area contributed by atoms with Gasteiger partial charge in [0.15, 0.2) is 0 Å². The monoisotopic (exact) mass is 287 g/mol. The number of amides is 1. The number of ether oxygens (including phenoxy) is 1. The first-order chi connectivity index (χ1) is 8.88. The van der Waals surface area contributed by atoms with Crippen LogP contribution in [-0.4, -0.2) is 38.1 Å². The van der Waals surface area contributed by atoms with Crippen molar-refractivity contribution in [1.82, 2.24) is 9.88 Å². The zero-order chi connectivity index (χ0) is 14.0. The van der Waals surface area contributed by atoms with Gasteiger partial charge in [-0.3, -0.25) is 4.79 Å². The Labute approximate surface area is 111 Å².